The summed E-state index contributed by atoms with van der Waals surface area (Å²) in [4.78, 5) is 24.6. The Morgan fingerprint density at radius 1 is 0.886 bits per heavy atom. The van der Waals surface area contributed by atoms with E-state index in [9.17, 15) is 24.9 Å². The van der Waals surface area contributed by atoms with Gasteiger partial charge in [-0.3, -0.25) is 9.59 Å². The summed E-state index contributed by atoms with van der Waals surface area (Å²) in [6, 6.07) is 20.5. The van der Waals surface area contributed by atoms with E-state index in [1.165, 1.54) is 12.1 Å². The molecule has 0 aliphatic carbocycles. The van der Waals surface area contributed by atoms with Gasteiger partial charge >= 0.3 is 5.97 Å². The minimum absolute atomic E-state index is 0.0778. The Hall–Kier alpha value is -4.00. The van der Waals surface area contributed by atoms with Gasteiger partial charge in [0.25, 0.3) is 0 Å². The monoisotopic (exact) mass is 478 g/mol. The first-order valence-corrected chi connectivity index (χ1v) is 11.4. The average molecular weight is 479 g/mol. The number of hydrogen-bond donors (Lipinski definition) is 3. The molecule has 3 aromatic carbocycles. The third-order valence-electron chi connectivity index (χ3n) is 5.69. The Morgan fingerprint density at radius 2 is 1.49 bits per heavy atom. The van der Waals surface area contributed by atoms with Crippen molar-refractivity contribution >= 4 is 11.8 Å². The molecule has 0 heterocycles. The summed E-state index contributed by atoms with van der Waals surface area (Å²) in [5.74, 6) is -0.798. The maximum atomic E-state index is 13.0. The summed E-state index contributed by atoms with van der Waals surface area (Å²) in [7, 11) is 0. The number of carboxylic acids is 1. The predicted octanol–water partition coefficient (Wildman–Crippen LogP) is 5.59. The fourth-order valence-electron chi connectivity index (χ4n) is 3.49. The number of carbonyl (C=O) groups excluding carboxylic acids is 1. The summed E-state index contributed by atoms with van der Waals surface area (Å²) in [6.45, 7) is 3.58. The number of para-hydroxylation sites is 2. The molecule has 0 amide bonds. The summed E-state index contributed by atoms with van der Waals surface area (Å²) in [5, 5.41) is 29.0. The first-order valence-electron chi connectivity index (χ1n) is 11.4. The van der Waals surface area contributed by atoms with Crippen molar-refractivity contribution in [1.82, 2.24) is 0 Å². The summed E-state index contributed by atoms with van der Waals surface area (Å²) in [5.41, 5.74) is 0.125. The zero-order valence-corrected chi connectivity index (χ0v) is 19.8. The van der Waals surface area contributed by atoms with Crippen molar-refractivity contribution in [3.63, 3.8) is 0 Å². The highest BCUT2D eigenvalue weighted by molar-refractivity contribution is 5.97. The van der Waals surface area contributed by atoms with Crippen molar-refractivity contribution in [2.75, 3.05) is 0 Å². The topological polar surface area (TPSA) is 113 Å². The number of phenols is 2. The number of aromatic hydroxyl groups is 2. The molecule has 0 saturated heterocycles. The van der Waals surface area contributed by atoms with E-state index in [1.807, 2.05) is 36.4 Å². The Balaban J connectivity index is 1.79. The highest BCUT2D eigenvalue weighted by Crippen LogP contribution is 2.32. The average Bonchev–Trinajstić information content (AvgIpc) is 2.82. The molecule has 0 radical (unpaired) electrons. The number of benzene rings is 3. The van der Waals surface area contributed by atoms with Crippen LogP contribution in [0.1, 0.15) is 49.0 Å². The Labute approximate surface area is 204 Å². The molecular formula is C28H30O7. The molecular weight excluding hydrogens is 448 g/mol. The number of hydrogen-bond acceptors (Lipinski definition) is 6. The minimum atomic E-state index is -1.00. The van der Waals surface area contributed by atoms with Gasteiger partial charge in [-0.05, 0) is 56.5 Å². The SMILES string of the molecule is CC(C)(CCC(CC(=O)c1cc(O)cc(O)c1)Oc1ccccc1OCc1ccccc1)C(=O)O. The molecule has 0 saturated carbocycles. The number of carboxylic acid groups (broad SMARTS) is 1. The van der Waals surface area contributed by atoms with Crippen LogP contribution in [0.15, 0.2) is 72.8 Å². The number of aliphatic carboxylic acids is 1. The molecule has 35 heavy (non-hydrogen) atoms. The zero-order valence-electron chi connectivity index (χ0n) is 19.8. The van der Waals surface area contributed by atoms with Crippen LogP contribution in [0, 0.1) is 5.41 Å². The lowest BCUT2D eigenvalue weighted by atomic mass is 9.86. The van der Waals surface area contributed by atoms with Crippen LogP contribution in [0.3, 0.4) is 0 Å². The summed E-state index contributed by atoms with van der Waals surface area (Å²) >= 11 is 0. The normalized spacial score (nSPS) is 12.1. The van der Waals surface area contributed by atoms with E-state index in [-0.39, 0.29) is 35.7 Å². The maximum Gasteiger partial charge on any atom is 0.309 e. The summed E-state index contributed by atoms with van der Waals surface area (Å²) in [6.07, 6.45) is -0.167. The van der Waals surface area contributed by atoms with Gasteiger partial charge in [-0.1, -0.05) is 42.5 Å². The third-order valence-corrected chi connectivity index (χ3v) is 5.69. The second-order valence-electron chi connectivity index (χ2n) is 9.05. The molecule has 3 rings (SSSR count). The molecule has 184 valence electrons. The van der Waals surface area contributed by atoms with E-state index < -0.39 is 17.5 Å². The van der Waals surface area contributed by atoms with Crippen LogP contribution in [0.5, 0.6) is 23.0 Å². The standard InChI is InChI=1S/C28H30O7/c1-28(2,27(32)33)13-12-23(17-24(31)20-14-21(29)16-22(30)15-20)35-26-11-7-6-10-25(26)34-18-19-8-4-3-5-9-19/h3-11,14-16,23,29-30H,12-13,17-18H2,1-2H3,(H,32,33). The molecule has 0 aliphatic rings. The number of ether oxygens (including phenoxy) is 2. The van der Waals surface area contributed by atoms with Gasteiger partial charge in [-0.15, -0.1) is 0 Å². The van der Waals surface area contributed by atoms with Gasteiger partial charge in [-0.2, -0.15) is 0 Å². The first-order chi connectivity index (χ1) is 16.6. The van der Waals surface area contributed by atoms with Crippen LogP contribution in [-0.2, 0) is 11.4 Å². The Morgan fingerprint density at radius 3 is 2.11 bits per heavy atom. The number of ketones is 1. The second-order valence-corrected chi connectivity index (χ2v) is 9.05. The van der Waals surface area contributed by atoms with Crippen LogP contribution >= 0.6 is 0 Å². The minimum Gasteiger partial charge on any atom is -0.508 e. The van der Waals surface area contributed by atoms with Crippen molar-refractivity contribution in [3.8, 4) is 23.0 Å². The van der Waals surface area contributed by atoms with Gasteiger partial charge in [0.05, 0.1) is 5.41 Å². The number of carbonyl (C=O) groups is 2. The van der Waals surface area contributed by atoms with Crippen molar-refractivity contribution in [3.05, 3.63) is 83.9 Å². The number of rotatable bonds is 12. The first kappa shape index (κ1) is 25.6. The Kier molecular flexibility index (Phi) is 8.36. The largest absolute Gasteiger partial charge is 0.508 e. The van der Waals surface area contributed by atoms with E-state index in [4.69, 9.17) is 9.47 Å². The predicted molar refractivity (Wildman–Crippen MR) is 131 cm³/mol. The van der Waals surface area contributed by atoms with Gasteiger partial charge < -0.3 is 24.8 Å². The quantitative estimate of drug-likeness (QED) is 0.291. The van der Waals surface area contributed by atoms with E-state index in [0.29, 0.717) is 24.5 Å². The van der Waals surface area contributed by atoms with Gasteiger partial charge in [0.15, 0.2) is 17.3 Å². The van der Waals surface area contributed by atoms with Crippen LogP contribution in [-0.4, -0.2) is 33.2 Å². The van der Waals surface area contributed by atoms with Crippen molar-refractivity contribution in [1.29, 1.82) is 0 Å². The van der Waals surface area contributed by atoms with Crippen LogP contribution < -0.4 is 9.47 Å². The summed E-state index contributed by atoms with van der Waals surface area (Å²) < 4.78 is 12.2. The molecule has 0 aromatic heterocycles. The Bertz CT molecular complexity index is 1130. The molecule has 0 spiro atoms. The zero-order chi connectivity index (χ0) is 25.4. The fourth-order valence-corrected chi connectivity index (χ4v) is 3.49. The molecule has 7 heteroatoms. The lowest BCUT2D eigenvalue weighted by Crippen LogP contribution is -2.28. The fraction of sp³-hybridized carbons (Fsp3) is 0.286. The lowest BCUT2D eigenvalue weighted by molar-refractivity contribution is -0.147. The highest BCUT2D eigenvalue weighted by atomic mass is 16.5. The van der Waals surface area contributed by atoms with E-state index in [0.717, 1.165) is 11.6 Å². The van der Waals surface area contributed by atoms with Gasteiger partial charge in [0, 0.05) is 18.1 Å². The van der Waals surface area contributed by atoms with E-state index in [2.05, 4.69) is 0 Å². The third kappa shape index (κ3) is 7.50. The van der Waals surface area contributed by atoms with Gasteiger partial charge in [0.2, 0.25) is 0 Å². The van der Waals surface area contributed by atoms with Crippen molar-refractivity contribution < 1.29 is 34.4 Å². The van der Waals surface area contributed by atoms with Crippen LogP contribution in [0.4, 0.5) is 0 Å². The maximum absolute atomic E-state index is 13.0. The lowest BCUT2D eigenvalue weighted by Gasteiger charge is -2.25. The van der Waals surface area contributed by atoms with Gasteiger partial charge in [0.1, 0.15) is 24.2 Å². The van der Waals surface area contributed by atoms with E-state index in [1.54, 1.807) is 32.0 Å². The number of phenolic OH excluding ortho intramolecular Hbond substituents is 2. The van der Waals surface area contributed by atoms with Crippen molar-refractivity contribution in [2.45, 2.75) is 45.8 Å². The smallest absolute Gasteiger partial charge is 0.309 e. The van der Waals surface area contributed by atoms with Crippen LogP contribution in [0.2, 0.25) is 0 Å². The van der Waals surface area contributed by atoms with Crippen LogP contribution in [0.25, 0.3) is 0 Å². The molecule has 1 atom stereocenters. The molecule has 0 aliphatic heterocycles. The molecule has 7 nitrogen and oxygen atoms in total. The van der Waals surface area contributed by atoms with E-state index >= 15 is 0 Å². The van der Waals surface area contributed by atoms with Gasteiger partial charge in [-0.25, -0.2) is 0 Å². The van der Waals surface area contributed by atoms with Crippen molar-refractivity contribution in [2.24, 2.45) is 5.41 Å². The second kappa shape index (κ2) is 11.4. The molecule has 0 bridgehead atoms. The number of Topliss-reactive ketones (excluding diaryl/α,β-unsaturated/α-hetero) is 1. The molecule has 1 unspecified atom stereocenters. The molecule has 3 aromatic rings. The molecule has 0 fully saturated rings. The highest BCUT2D eigenvalue weighted by Gasteiger charge is 2.29. The molecule has 3 N–H and O–H groups in total.